The van der Waals surface area contributed by atoms with Crippen LogP contribution in [0.25, 0.3) is 0 Å². The van der Waals surface area contributed by atoms with Gasteiger partial charge in [-0.25, -0.2) is 4.90 Å². The molecule has 3 amide bonds. The van der Waals surface area contributed by atoms with Crippen molar-refractivity contribution in [3.63, 3.8) is 0 Å². The summed E-state index contributed by atoms with van der Waals surface area (Å²) in [5.74, 6) is -1.17. The molecule has 0 aliphatic carbocycles. The zero-order valence-corrected chi connectivity index (χ0v) is 19.1. The largest absolute Gasteiger partial charge is 0.324 e. The summed E-state index contributed by atoms with van der Waals surface area (Å²) in [6.45, 7) is 2.44. The highest BCUT2D eigenvalue weighted by molar-refractivity contribution is 6.26. The highest BCUT2D eigenvalue weighted by Gasteiger charge is 2.77. The quantitative estimate of drug-likeness (QED) is 0.602. The molecule has 2 saturated heterocycles. The third-order valence-electron chi connectivity index (χ3n) is 7.92. The summed E-state index contributed by atoms with van der Waals surface area (Å²) >= 11 is 0. The molecular formula is C28H25N3O3. The lowest BCUT2D eigenvalue weighted by molar-refractivity contribution is -0.142. The second kappa shape index (κ2) is 7.11. The van der Waals surface area contributed by atoms with Crippen LogP contribution < -0.4 is 10.2 Å². The minimum Gasteiger partial charge on any atom is -0.324 e. The maximum atomic E-state index is 14.6. The number of likely N-dealkylation sites (tertiary alicyclic amines) is 1. The minimum atomic E-state index is -1.28. The van der Waals surface area contributed by atoms with E-state index in [1.54, 1.807) is 12.1 Å². The van der Waals surface area contributed by atoms with Crippen LogP contribution in [-0.2, 0) is 19.9 Å². The lowest BCUT2D eigenvalue weighted by Crippen LogP contribution is -2.58. The molecule has 1 N–H and O–H groups in total. The van der Waals surface area contributed by atoms with Gasteiger partial charge < -0.3 is 5.32 Å². The van der Waals surface area contributed by atoms with Gasteiger partial charge in [0.1, 0.15) is 5.54 Å². The summed E-state index contributed by atoms with van der Waals surface area (Å²) in [7, 11) is 1.89. The number of aryl methyl sites for hydroxylation is 1. The Balaban J connectivity index is 1.63. The van der Waals surface area contributed by atoms with Gasteiger partial charge in [-0.1, -0.05) is 66.2 Å². The van der Waals surface area contributed by atoms with Crippen molar-refractivity contribution in [2.24, 2.45) is 5.41 Å². The van der Waals surface area contributed by atoms with Gasteiger partial charge in [-0.2, -0.15) is 0 Å². The van der Waals surface area contributed by atoms with E-state index >= 15 is 0 Å². The van der Waals surface area contributed by atoms with Crippen LogP contribution in [-0.4, -0.2) is 36.2 Å². The topological polar surface area (TPSA) is 69.7 Å². The van der Waals surface area contributed by atoms with Gasteiger partial charge in [0.15, 0.2) is 0 Å². The number of hydrogen-bond acceptors (Lipinski definition) is 4. The van der Waals surface area contributed by atoms with Crippen molar-refractivity contribution in [1.82, 2.24) is 4.90 Å². The molecule has 3 heterocycles. The fraction of sp³-hybridized carbons (Fsp3) is 0.250. The molecule has 0 radical (unpaired) electrons. The third kappa shape index (κ3) is 2.41. The second-order valence-corrected chi connectivity index (χ2v) is 9.57. The number of likely N-dealkylation sites (N-methyl/N-ethyl adjacent to an activating group) is 1. The summed E-state index contributed by atoms with van der Waals surface area (Å²) in [4.78, 5) is 45.4. The Bertz CT molecular complexity index is 1340. The summed E-state index contributed by atoms with van der Waals surface area (Å²) in [6.07, 6.45) is -0.0363. The fourth-order valence-corrected chi connectivity index (χ4v) is 6.52. The van der Waals surface area contributed by atoms with E-state index in [0.29, 0.717) is 17.9 Å². The van der Waals surface area contributed by atoms with Gasteiger partial charge in [-0.15, -0.1) is 0 Å². The molecular weight excluding hydrogens is 426 g/mol. The molecule has 2 spiro atoms. The zero-order chi connectivity index (χ0) is 23.7. The van der Waals surface area contributed by atoms with Crippen LogP contribution in [0, 0.1) is 12.3 Å². The van der Waals surface area contributed by atoms with E-state index in [0.717, 1.165) is 16.7 Å². The van der Waals surface area contributed by atoms with Crippen molar-refractivity contribution in [1.29, 1.82) is 0 Å². The Labute approximate surface area is 198 Å². The number of imide groups is 1. The van der Waals surface area contributed by atoms with Gasteiger partial charge in [0.2, 0.25) is 11.8 Å². The van der Waals surface area contributed by atoms with Gasteiger partial charge >= 0.3 is 0 Å². The standard InChI is InChI=1S/C28H25N3O3/c1-18-12-14-20(15-13-18)31-24(32)16-27(26(31)34)22(19-8-4-3-5-9-19)17-30(2)28(27)21-10-6-7-11-23(21)29-25(28)33/h3-15,22H,16-17H2,1-2H3,(H,29,33)/t22-,27+,28+/m1/s1. The van der Waals surface area contributed by atoms with Gasteiger partial charge in [-0.05, 0) is 37.7 Å². The molecule has 3 aliphatic rings. The predicted molar refractivity (Wildman–Crippen MR) is 129 cm³/mol. The molecule has 3 aromatic carbocycles. The first-order valence-corrected chi connectivity index (χ1v) is 11.5. The van der Waals surface area contributed by atoms with Gasteiger partial charge in [0.05, 0.1) is 11.1 Å². The van der Waals surface area contributed by atoms with Crippen LogP contribution in [0.15, 0.2) is 78.9 Å². The Morgan fingerprint density at radius 2 is 1.56 bits per heavy atom. The number of nitrogens with zero attached hydrogens (tertiary/aromatic N) is 2. The van der Waals surface area contributed by atoms with E-state index in [-0.39, 0.29) is 30.1 Å². The Morgan fingerprint density at radius 3 is 2.29 bits per heavy atom. The van der Waals surface area contributed by atoms with Crippen LogP contribution >= 0.6 is 0 Å². The van der Waals surface area contributed by atoms with Crippen LogP contribution in [0.4, 0.5) is 11.4 Å². The first-order valence-electron chi connectivity index (χ1n) is 11.5. The van der Waals surface area contributed by atoms with Crippen LogP contribution in [0.3, 0.4) is 0 Å². The fourth-order valence-electron chi connectivity index (χ4n) is 6.52. The Kier molecular flexibility index (Phi) is 4.35. The molecule has 3 aliphatic heterocycles. The van der Waals surface area contributed by atoms with Gasteiger partial charge in [0, 0.05) is 30.1 Å². The van der Waals surface area contributed by atoms with Gasteiger partial charge in [0.25, 0.3) is 5.91 Å². The van der Waals surface area contributed by atoms with E-state index < -0.39 is 11.0 Å². The molecule has 0 bridgehead atoms. The first-order chi connectivity index (χ1) is 16.4. The van der Waals surface area contributed by atoms with Crippen LogP contribution in [0.5, 0.6) is 0 Å². The third-order valence-corrected chi connectivity index (χ3v) is 7.92. The molecule has 6 rings (SSSR count). The minimum absolute atomic E-state index is 0.0363. The maximum absolute atomic E-state index is 14.6. The number of benzene rings is 3. The molecule has 2 fully saturated rings. The number of carbonyl (C=O) groups is 3. The molecule has 6 nitrogen and oxygen atoms in total. The predicted octanol–water partition coefficient (Wildman–Crippen LogP) is 3.82. The summed E-state index contributed by atoms with van der Waals surface area (Å²) in [5, 5.41) is 3.02. The van der Waals surface area contributed by atoms with Gasteiger partial charge in [-0.3, -0.25) is 19.3 Å². The number of anilines is 2. The molecule has 0 unspecified atom stereocenters. The SMILES string of the molecule is Cc1ccc(N2C(=O)C[C@@]3(C2=O)[C@@H](c2ccccc2)CN(C)[C@@]32C(=O)Nc3ccccc32)cc1. The highest BCUT2D eigenvalue weighted by atomic mass is 16.2. The number of fused-ring (bicyclic) bond motifs is 3. The van der Waals surface area contributed by atoms with E-state index in [9.17, 15) is 14.4 Å². The maximum Gasteiger partial charge on any atom is 0.250 e. The van der Waals surface area contributed by atoms with Crippen molar-refractivity contribution < 1.29 is 14.4 Å². The number of para-hydroxylation sites is 1. The number of carbonyl (C=O) groups excluding carboxylic acids is 3. The smallest absolute Gasteiger partial charge is 0.250 e. The summed E-state index contributed by atoms with van der Waals surface area (Å²) in [5.41, 5.74) is 1.43. The second-order valence-electron chi connectivity index (χ2n) is 9.57. The summed E-state index contributed by atoms with van der Waals surface area (Å²) in [6, 6.07) is 24.7. The molecule has 0 aromatic heterocycles. The Morgan fingerprint density at radius 1 is 0.882 bits per heavy atom. The number of nitrogens with one attached hydrogen (secondary N) is 1. The number of amides is 3. The monoisotopic (exact) mass is 451 g/mol. The van der Waals surface area contributed by atoms with Crippen molar-refractivity contribution in [3.05, 3.63) is 95.6 Å². The number of rotatable bonds is 2. The van der Waals surface area contributed by atoms with Crippen molar-refractivity contribution in [2.75, 3.05) is 23.8 Å². The molecule has 170 valence electrons. The molecule has 6 heteroatoms. The highest BCUT2D eigenvalue weighted by Crippen LogP contribution is 2.66. The summed E-state index contributed by atoms with van der Waals surface area (Å²) < 4.78 is 0. The zero-order valence-electron chi connectivity index (χ0n) is 19.1. The average molecular weight is 452 g/mol. The van der Waals surface area contributed by atoms with E-state index in [1.165, 1.54) is 4.90 Å². The Hall–Kier alpha value is -3.77. The van der Waals surface area contributed by atoms with Crippen LogP contribution in [0.2, 0.25) is 0 Å². The number of hydrogen-bond donors (Lipinski definition) is 1. The molecule has 34 heavy (non-hydrogen) atoms. The lowest BCUT2D eigenvalue weighted by atomic mass is 9.60. The molecule has 3 atom stereocenters. The van der Waals surface area contributed by atoms with Crippen molar-refractivity contribution in [2.45, 2.75) is 24.8 Å². The van der Waals surface area contributed by atoms with E-state index in [1.807, 2.05) is 85.6 Å². The lowest BCUT2D eigenvalue weighted by Gasteiger charge is -2.42. The molecule has 3 aromatic rings. The first kappa shape index (κ1) is 20.8. The van der Waals surface area contributed by atoms with Crippen molar-refractivity contribution in [3.8, 4) is 0 Å². The van der Waals surface area contributed by atoms with E-state index in [2.05, 4.69) is 5.32 Å². The normalized spacial score (nSPS) is 28.2. The molecule has 0 saturated carbocycles. The van der Waals surface area contributed by atoms with E-state index in [4.69, 9.17) is 0 Å². The average Bonchev–Trinajstić information content (AvgIpc) is 3.39. The van der Waals surface area contributed by atoms with Crippen molar-refractivity contribution >= 4 is 29.1 Å². The van der Waals surface area contributed by atoms with Crippen LogP contribution in [0.1, 0.15) is 29.0 Å².